The highest BCUT2D eigenvalue weighted by Gasteiger charge is 2.11. The summed E-state index contributed by atoms with van der Waals surface area (Å²) in [5.74, 6) is -0.191. The van der Waals surface area contributed by atoms with E-state index in [1.165, 1.54) is 5.56 Å². The van der Waals surface area contributed by atoms with Crippen LogP contribution in [0.4, 0.5) is 0 Å². The molecule has 0 saturated carbocycles. The van der Waals surface area contributed by atoms with E-state index in [9.17, 15) is 4.79 Å². The zero-order chi connectivity index (χ0) is 17.8. The number of nitrogens with zero attached hydrogens (tertiary/aromatic N) is 1. The molecule has 0 aliphatic heterocycles. The molecule has 0 unspecified atom stereocenters. The summed E-state index contributed by atoms with van der Waals surface area (Å²) in [5, 5.41) is 3.36. The molecule has 2 aromatic carbocycles. The highest BCUT2D eigenvalue weighted by Crippen LogP contribution is 2.27. The summed E-state index contributed by atoms with van der Waals surface area (Å²) >= 11 is 7.52. The van der Waals surface area contributed by atoms with Gasteiger partial charge in [0.25, 0.3) is 5.91 Å². The predicted octanol–water partition coefficient (Wildman–Crippen LogP) is 4.70. The third-order valence-electron chi connectivity index (χ3n) is 3.75. The van der Waals surface area contributed by atoms with Crippen molar-refractivity contribution in [2.45, 2.75) is 20.0 Å². The molecule has 0 atom stereocenters. The molecule has 25 heavy (non-hydrogen) atoms. The molecule has 1 amide bonds. The molecule has 0 radical (unpaired) electrons. The van der Waals surface area contributed by atoms with Crippen LogP contribution in [-0.2, 0) is 13.0 Å². The van der Waals surface area contributed by atoms with Gasteiger partial charge in [-0.3, -0.25) is 4.79 Å². The Balaban J connectivity index is 1.74. The van der Waals surface area contributed by atoms with Crippen LogP contribution in [0.2, 0.25) is 5.02 Å². The molecule has 0 aliphatic carbocycles. The van der Waals surface area contributed by atoms with Crippen LogP contribution in [-0.4, -0.2) is 10.9 Å². The number of rotatable bonds is 6. The molecular formula is C19H17ClN2O2S. The van der Waals surface area contributed by atoms with Crippen molar-refractivity contribution in [3.8, 4) is 16.3 Å². The van der Waals surface area contributed by atoms with E-state index in [2.05, 4.69) is 36.2 Å². The summed E-state index contributed by atoms with van der Waals surface area (Å²) in [6.07, 6.45) is 1.01. The van der Waals surface area contributed by atoms with Gasteiger partial charge in [-0.25, -0.2) is 4.98 Å². The summed E-state index contributed by atoms with van der Waals surface area (Å²) in [7, 11) is 0. The average Bonchev–Trinajstić information content (AvgIpc) is 3.09. The first-order valence-electron chi connectivity index (χ1n) is 7.82. The minimum Gasteiger partial charge on any atom is -0.486 e. The number of benzene rings is 2. The molecule has 0 aliphatic rings. The Morgan fingerprint density at radius 1 is 1.24 bits per heavy atom. The highest BCUT2D eigenvalue weighted by atomic mass is 35.5. The van der Waals surface area contributed by atoms with Crippen molar-refractivity contribution in [3.05, 3.63) is 69.7 Å². The van der Waals surface area contributed by atoms with Crippen molar-refractivity contribution in [2.24, 2.45) is 5.73 Å². The van der Waals surface area contributed by atoms with Gasteiger partial charge < -0.3 is 10.5 Å². The normalized spacial score (nSPS) is 10.6. The minimum absolute atomic E-state index is 0.240. The van der Waals surface area contributed by atoms with Crippen molar-refractivity contribution in [1.82, 2.24) is 4.98 Å². The molecule has 6 heteroatoms. The standard InChI is InChI=1S/C19H17ClN2O2S/c1-2-12-3-5-13(6-4-12)19-22-15(11-25-19)10-24-17-9-14(20)7-8-16(17)18(21)23/h3-9,11H,2,10H2,1H3,(H2,21,23). The quantitative estimate of drug-likeness (QED) is 0.681. The maximum absolute atomic E-state index is 11.5. The first kappa shape index (κ1) is 17.5. The van der Waals surface area contributed by atoms with Crippen LogP contribution in [0.1, 0.15) is 28.5 Å². The number of halogens is 1. The number of primary amides is 1. The van der Waals surface area contributed by atoms with Crippen molar-refractivity contribution in [3.63, 3.8) is 0 Å². The number of thiazole rings is 1. The summed E-state index contributed by atoms with van der Waals surface area (Å²) in [5.41, 5.74) is 8.82. The molecule has 0 fully saturated rings. The first-order valence-corrected chi connectivity index (χ1v) is 9.08. The second kappa shape index (κ2) is 7.68. The highest BCUT2D eigenvalue weighted by molar-refractivity contribution is 7.13. The van der Waals surface area contributed by atoms with E-state index in [1.807, 2.05) is 5.38 Å². The Hall–Kier alpha value is -2.37. The zero-order valence-electron chi connectivity index (χ0n) is 13.7. The van der Waals surface area contributed by atoms with Gasteiger partial charge in [0.05, 0.1) is 11.3 Å². The number of hydrogen-bond acceptors (Lipinski definition) is 4. The Kier molecular flexibility index (Phi) is 5.36. The fraction of sp³-hybridized carbons (Fsp3) is 0.158. The molecule has 3 aromatic rings. The minimum atomic E-state index is -0.554. The van der Waals surface area contributed by atoms with Gasteiger partial charge in [0.15, 0.2) is 0 Å². The second-order valence-electron chi connectivity index (χ2n) is 5.49. The lowest BCUT2D eigenvalue weighted by Crippen LogP contribution is -2.13. The molecule has 0 bridgehead atoms. The fourth-order valence-corrected chi connectivity index (χ4v) is 3.33. The van der Waals surface area contributed by atoms with E-state index in [0.717, 1.165) is 22.7 Å². The fourth-order valence-electron chi connectivity index (χ4n) is 2.36. The molecule has 128 valence electrons. The van der Waals surface area contributed by atoms with E-state index in [1.54, 1.807) is 29.5 Å². The van der Waals surface area contributed by atoms with E-state index in [0.29, 0.717) is 16.3 Å². The number of carbonyl (C=O) groups is 1. The van der Waals surface area contributed by atoms with Crippen LogP contribution in [0, 0.1) is 0 Å². The van der Waals surface area contributed by atoms with Crippen LogP contribution >= 0.6 is 22.9 Å². The number of carbonyl (C=O) groups excluding carboxylic acids is 1. The number of amides is 1. The Labute approximate surface area is 155 Å². The van der Waals surface area contributed by atoms with Crippen LogP contribution in [0.25, 0.3) is 10.6 Å². The van der Waals surface area contributed by atoms with E-state index in [4.69, 9.17) is 22.1 Å². The molecule has 0 spiro atoms. The van der Waals surface area contributed by atoms with Gasteiger partial charge in [-0.1, -0.05) is 42.8 Å². The summed E-state index contributed by atoms with van der Waals surface area (Å²) in [4.78, 5) is 16.1. The molecule has 2 N–H and O–H groups in total. The summed E-state index contributed by atoms with van der Waals surface area (Å²) in [6, 6.07) is 13.1. The number of hydrogen-bond donors (Lipinski definition) is 1. The van der Waals surface area contributed by atoms with Gasteiger partial charge in [-0.2, -0.15) is 0 Å². The van der Waals surface area contributed by atoms with Gasteiger partial charge in [0.2, 0.25) is 0 Å². The Bertz CT molecular complexity index is 891. The second-order valence-corrected chi connectivity index (χ2v) is 6.78. The van der Waals surface area contributed by atoms with Gasteiger partial charge in [-0.05, 0) is 30.2 Å². The molecule has 3 rings (SSSR count). The predicted molar refractivity (Wildman–Crippen MR) is 101 cm³/mol. The van der Waals surface area contributed by atoms with Crippen LogP contribution in [0.3, 0.4) is 0 Å². The molecular weight excluding hydrogens is 356 g/mol. The van der Waals surface area contributed by atoms with Crippen LogP contribution in [0.5, 0.6) is 5.75 Å². The smallest absolute Gasteiger partial charge is 0.252 e. The topological polar surface area (TPSA) is 65.2 Å². The maximum atomic E-state index is 11.5. The Morgan fingerprint density at radius 3 is 2.68 bits per heavy atom. The van der Waals surface area contributed by atoms with Crippen molar-refractivity contribution < 1.29 is 9.53 Å². The number of aryl methyl sites for hydroxylation is 1. The van der Waals surface area contributed by atoms with Gasteiger partial charge in [0.1, 0.15) is 17.4 Å². The van der Waals surface area contributed by atoms with Gasteiger partial charge in [-0.15, -0.1) is 11.3 Å². The third kappa shape index (κ3) is 4.18. The lowest BCUT2D eigenvalue weighted by molar-refractivity contribution is 0.0996. The third-order valence-corrected chi connectivity index (χ3v) is 4.92. The van der Waals surface area contributed by atoms with Crippen molar-refractivity contribution >= 4 is 28.8 Å². The lowest BCUT2D eigenvalue weighted by Gasteiger charge is -2.08. The van der Waals surface area contributed by atoms with E-state index in [-0.39, 0.29) is 6.61 Å². The lowest BCUT2D eigenvalue weighted by atomic mass is 10.1. The number of aromatic nitrogens is 1. The summed E-state index contributed by atoms with van der Waals surface area (Å²) in [6.45, 7) is 2.37. The van der Waals surface area contributed by atoms with E-state index < -0.39 is 5.91 Å². The molecule has 0 saturated heterocycles. The van der Waals surface area contributed by atoms with Crippen molar-refractivity contribution in [1.29, 1.82) is 0 Å². The number of nitrogens with two attached hydrogens (primary N) is 1. The van der Waals surface area contributed by atoms with Crippen LogP contribution in [0.15, 0.2) is 47.8 Å². The molecule has 4 nitrogen and oxygen atoms in total. The van der Waals surface area contributed by atoms with Crippen molar-refractivity contribution in [2.75, 3.05) is 0 Å². The SMILES string of the molecule is CCc1ccc(-c2nc(COc3cc(Cl)ccc3C(N)=O)cs2)cc1. The van der Waals surface area contributed by atoms with Crippen LogP contribution < -0.4 is 10.5 Å². The average molecular weight is 373 g/mol. The summed E-state index contributed by atoms with van der Waals surface area (Å²) < 4.78 is 5.71. The zero-order valence-corrected chi connectivity index (χ0v) is 15.2. The van der Waals surface area contributed by atoms with Gasteiger partial charge in [0, 0.05) is 16.0 Å². The Morgan fingerprint density at radius 2 is 2.00 bits per heavy atom. The van der Waals surface area contributed by atoms with Gasteiger partial charge >= 0.3 is 0 Å². The first-order chi connectivity index (χ1) is 12.1. The van der Waals surface area contributed by atoms with E-state index >= 15 is 0 Å². The molecule has 1 aromatic heterocycles. The maximum Gasteiger partial charge on any atom is 0.252 e. The number of ether oxygens (including phenoxy) is 1. The monoisotopic (exact) mass is 372 g/mol. The molecule has 1 heterocycles. The largest absolute Gasteiger partial charge is 0.486 e.